The lowest BCUT2D eigenvalue weighted by atomic mass is 9.64. The van der Waals surface area contributed by atoms with Gasteiger partial charge >= 0.3 is 0 Å². The predicted octanol–water partition coefficient (Wildman–Crippen LogP) is 2.99. The van der Waals surface area contributed by atoms with Crippen molar-refractivity contribution in [2.45, 2.75) is 64.6 Å². The molecular formula is C14H26O2. The highest BCUT2D eigenvalue weighted by molar-refractivity contribution is 5.01. The minimum Gasteiger partial charge on any atom is -0.389 e. The molecule has 0 radical (unpaired) electrons. The highest BCUT2D eigenvalue weighted by atomic mass is 16.6. The second-order valence-corrected chi connectivity index (χ2v) is 6.76. The standard InChI is InChI=1S/C14H26O2/c1-10(2)12-6-5-11(3)7-14(12,15)8-13(4)9-16-13/h10-12,15H,5-9H2,1-4H3/t11-,12+,13?,14-/m1/s1. The number of epoxide rings is 1. The van der Waals surface area contributed by atoms with Crippen LogP contribution in [0.15, 0.2) is 0 Å². The van der Waals surface area contributed by atoms with E-state index in [0.717, 1.165) is 19.4 Å². The molecule has 1 N–H and O–H groups in total. The van der Waals surface area contributed by atoms with Crippen molar-refractivity contribution in [1.29, 1.82) is 0 Å². The smallest absolute Gasteiger partial charge is 0.0916 e. The molecule has 4 atom stereocenters. The van der Waals surface area contributed by atoms with Crippen LogP contribution in [-0.2, 0) is 4.74 Å². The Balaban J connectivity index is 2.11. The van der Waals surface area contributed by atoms with Crippen LogP contribution in [0.1, 0.15) is 53.4 Å². The zero-order valence-electron chi connectivity index (χ0n) is 11.1. The summed E-state index contributed by atoms with van der Waals surface area (Å²) in [6.45, 7) is 9.69. The lowest BCUT2D eigenvalue weighted by Gasteiger charge is -2.45. The molecule has 1 heterocycles. The van der Waals surface area contributed by atoms with Gasteiger partial charge in [-0.25, -0.2) is 0 Å². The van der Waals surface area contributed by atoms with E-state index in [9.17, 15) is 5.11 Å². The van der Waals surface area contributed by atoms with Crippen molar-refractivity contribution in [1.82, 2.24) is 0 Å². The quantitative estimate of drug-likeness (QED) is 0.750. The third-order valence-corrected chi connectivity index (χ3v) is 4.48. The molecule has 16 heavy (non-hydrogen) atoms. The summed E-state index contributed by atoms with van der Waals surface area (Å²) < 4.78 is 5.47. The Kier molecular flexibility index (Phi) is 3.09. The van der Waals surface area contributed by atoms with E-state index in [1.54, 1.807) is 0 Å². The molecule has 0 aromatic carbocycles. The summed E-state index contributed by atoms with van der Waals surface area (Å²) in [6.07, 6.45) is 4.22. The third-order valence-electron chi connectivity index (χ3n) is 4.48. The molecule has 0 bridgehead atoms. The van der Waals surface area contributed by atoms with Crippen LogP contribution < -0.4 is 0 Å². The zero-order valence-corrected chi connectivity index (χ0v) is 11.1. The average Bonchev–Trinajstić information content (AvgIpc) is 2.80. The van der Waals surface area contributed by atoms with Crippen LogP contribution in [0.25, 0.3) is 0 Å². The van der Waals surface area contributed by atoms with Crippen LogP contribution in [0, 0.1) is 17.8 Å². The summed E-state index contributed by atoms with van der Waals surface area (Å²) in [5.41, 5.74) is -0.518. The van der Waals surface area contributed by atoms with Crippen LogP contribution in [0.5, 0.6) is 0 Å². The summed E-state index contributed by atoms with van der Waals surface area (Å²) in [5, 5.41) is 11.0. The van der Waals surface area contributed by atoms with E-state index in [0.29, 0.717) is 17.8 Å². The van der Waals surface area contributed by atoms with Crippen molar-refractivity contribution in [3.05, 3.63) is 0 Å². The molecule has 0 aromatic heterocycles. The van der Waals surface area contributed by atoms with E-state index in [2.05, 4.69) is 27.7 Å². The molecule has 0 amide bonds. The summed E-state index contributed by atoms with van der Waals surface area (Å²) in [7, 11) is 0. The van der Waals surface area contributed by atoms with Crippen molar-refractivity contribution in [2.24, 2.45) is 17.8 Å². The molecule has 2 aliphatic rings. The Morgan fingerprint density at radius 3 is 2.50 bits per heavy atom. The van der Waals surface area contributed by atoms with Crippen LogP contribution in [0.4, 0.5) is 0 Å². The molecule has 2 fully saturated rings. The summed E-state index contributed by atoms with van der Waals surface area (Å²) >= 11 is 0. The minimum atomic E-state index is -0.489. The molecule has 1 aliphatic carbocycles. The molecule has 2 nitrogen and oxygen atoms in total. The monoisotopic (exact) mass is 226 g/mol. The molecule has 2 heteroatoms. The largest absolute Gasteiger partial charge is 0.389 e. The molecule has 0 aromatic rings. The normalized spacial score (nSPS) is 48.4. The van der Waals surface area contributed by atoms with Crippen molar-refractivity contribution in [2.75, 3.05) is 6.61 Å². The van der Waals surface area contributed by atoms with E-state index < -0.39 is 5.60 Å². The zero-order chi connectivity index (χ0) is 12.0. The van der Waals surface area contributed by atoms with E-state index in [-0.39, 0.29) is 5.60 Å². The molecule has 0 spiro atoms. The lowest BCUT2D eigenvalue weighted by molar-refractivity contribution is -0.0968. The van der Waals surface area contributed by atoms with Crippen molar-refractivity contribution in [3.63, 3.8) is 0 Å². The maximum atomic E-state index is 11.0. The number of hydrogen-bond acceptors (Lipinski definition) is 2. The van der Waals surface area contributed by atoms with Crippen molar-refractivity contribution >= 4 is 0 Å². The molecule has 94 valence electrons. The average molecular weight is 226 g/mol. The van der Waals surface area contributed by atoms with Gasteiger partial charge in [-0.05, 0) is 37.5 Å². The van der Waals surface area contributed by atoms with Crippen LogP contribution in [-0.4, -0.2) is 22.9 Å². The van der Waals surface area contributed by atoms with Gasteiger partial charge in [-0.1, -0.05) is 27.2 Å². The fraction of sp³-hybridized carbons (Fsp3) is 1.00. The van der Waals surface area contributed by atoms with Crippen molar-refractivity contribution in [3.8, 4) is 0 Å². The van der Waals surface area contributed by atoms with Crippen LogP contribution in [0.3, 0.4) is 0 Å². The van der Waals surface area contributed by atoms with E-state index in [1.807, 2.05) is 0 Å². The number of aliphatic hydroxyl groups is 1. The fourth-order valence-corrected chi connectivity index (χ4v) is 3.62. The second kappa shape index (κ2) is 3.99. The Morgan fingerprint density at radius 1 is 1.38 bits per heavy atom. The Bertz CT molecular complexity index is 257. The van der Waals surface area contributed by atoms with E-state index in [4.69, 9.17) is 4.74 Å². The van der Waals surface area contributed by atoms with E-state index >= 15 is 0 Å². The first-order chi connectivity index (χ1) is 7.35. The molecule has 2 rings (SSSR count). The van der Waals surface area contributed by atoms with Crippen LogP contribution >= 0.6 is 0 Å². The summed E-state index contributed by atoms with van der Waals surface area (Å²) in [6, 6.07) is 0. The van der Waals surface area contributed by atoms with Gasteiger partial charge in [0.1, 0.15) is 0 Å². The highest BCUT2D eigenvalue weighted by Crippen LogP contribution is 2.48. The summed E-state index contributed by atoms with van der Waals surface area (Å²) in [5.74, 6) is 1.67. The predicted molar refractivity (Wildman–Crippen MR) is 65.3 cm³/mol. The third kappa shape index (κ3) is 2.43. The van der Waals surface area contributed by atoms with Gasteiger partial charge in [-0.3, -0.25) is 0 Å². The van der Waals surface area contributed by atoms with Gasteiger partial charge in [0.05, 0.1) is 17.8 Å². The topological polar surface area (TPSA) is 32.8 Å². The van der Waals surface area contributed by atoms with E-state index in [1.165, 1.54) is 12.8 Å². The Hall–Kier alpha value is -0.0800. The van der Waals surface area contributed by atoms with Gasteiger partial charge in [-0.2, -0.15) is 0 Å². The SMILES string of the molecule is CC(C)[C@@H]1CC[C@@H](C)C[C@@]1(O)CC1(C)CO1. The molecular weight excluding hydrogens is 200 g/mol. The second-order valence-electron chi connectivity index (χ2n) is 6.76. The minimum absolute atomic E-state index is 0.0288. The number of rotatable bonds is 3. The fourth-order valence-electron chi connectivity index (χ4n) is 3.62. The maximum Gasteiger partial charge on any atom is 0.0916 e. The molecule has 1 aliphatic heterocycles. The first-order valence-corrected chi connectivity index (χ1v) is 6.71. The van der Waals surface area contributed by atoms with Crippen molar-refractivity contribution < 1.29 is 9.84 Å². The molecule has 1 unspecified atom stereocenters. The number of ether oxygens (including phenoxy) is 1. The Labute approximate surface area is 99.4 Å². The molecule has 1 saturated heterocycles. The van der Waals surface area contributed by atoms with Gasteiger partial charge in [0, 0.05) is 6.42 Å². The van der Waals surface area contributed by atoms with Gasteiger partial charge < -0.3 is 9.84 Å². The Morgan fingerprint density at radius 2 is 2.00 bits per heavy atom. The number of hydrogen-bond donors (Lipinski definition) is 1. The van der Waals surface area contributed by atoms with Gasteiger partial charge in [0.2, 0.25) is 0 Å². The first kappa shape index (κ1) is 12.4. The molecule has 1 saturated carbocycles. The van der Waals surface area contributed by atoms with Crippen LogP contribution in [0.2, 0.25) is 0 Å². The van der Waals surface area contributed by atoms with Gasteiger partial charge in [-0.15, -0.1) is 0 Å². The lowest BCUT2D eigenvalue weighted by Crippen LogP contribution is -2.48. The first-order valence-electron chi connectivity index (χ1n) is 6.71. The maximum absolute atomic E-state index is 11.0. The van der Waals surface area contributed by atoms with Gasteiger partial charge in [0.15, 0.2) is 0 Å². The highest BCUT2D eigenvalue weighted by Gasteiger charge is 2.51. The van der Waals surface area contributed by atoms with Gasteiger partial charge in [0.25, 0.3) is 0 Å². The summed E-state index contributed by atoms with van der Waals surface area (Å²) in [4.78, 5) is 0.